The fraction of sp³-hybridized carbons (Fsp3) is 0.789. The summed E-state index contributed by atoms with van der Waals surface area (Å²) < 4.78 is 5.90. The monoisotopic (exact) mass is 882 g/mol. The molecular weight excluding hydrogens is 779 g/mol. The van der Waals surface area contributed by atoms with Crippen molar-refractivity contribution in [3.63, 3.8) is 0 Å². The minimum atomic E-state index is -0.805. The second-order valence-electron chi connectivity index (χ2n) is 18.3. The summed E-state index contributed by atoms with van der Waals surface area (Å²) >= 11 is 0. The van der Waals surface area contributed by atoms with E-state index in [-0.39, 0.29) is 24.9 Å². The van der Waals surface area contributed by atoms with Gasteiger partial charge in [-0.05, 0) is 77.0 Å². The Balaban J connectivity index is 4.63. The van der Waals surface area contributed by atoms with Crippen LogP contribution >= 0.6 is 0 Å². The molecule has 6 heteroatoms. The van der Waals surface area contributed by atoms with E-state index in [1.54, 1.807) is 0 Å². The van der Waals surface area contributed by atoms with Gasteiger partial charge in [0.1, 0.15) is 6.10 Å². The molecule has 3 atom stereocenters. The minimum absolute atomic E-state index is 0.0348. The molecule has 0 radical (unpaired) electrons. The van der Waals surface area contributed by atoms with Crippen molar-refractivity contribution in [2.75, 3.05) is 6.61 Å². The fourth-order valence-electron chi connectivity index (χ4n) is 8.03. The Labute approximate surface area is 390 Å². The molecule has 63 heavy (non-hydrogen) atoms. The third-order valence-corrected chi connectivity index (χ3v) is 12.1. The summed E-state index contributed by atoms with van der Waals surface area (Å²) in [5.74, 6) is -0.544. The van der Waals surface area contributed by atoms with Crippen LogP contribution in [0.2, 0.25) is 0 Å². The zero-order chi connectivity index (χ0) is 45.9. The minimum Gasteiger partial charge on any atom is -0.462 e. The molecule has 0 aromatic rings. The number of ether oxygens (including phenoxy) is 1. The number of hydrogen-bond donors (Lipinski definition) is 3. The maximum atomic E-state index is 13.2. The molecule has 0 aromatic carbocycles. The van der Waals surface area contributed by atoms with Crippen molar-refractivity contribution in [2.45, 2.75) is 283 Å². The maximum Gasteiger partial charge on any atom is 0.306 e. The van der Waals surface area contributed by atoms with Gasteiger partial charge in [0.15, 0.2) is 0 Å². The summed E-state index contributed by atoms with van der Waals surface area (Å²) in [5.41, 5.74) is 0. The maximum absolute atomic E-state index is 13.2. The molecule has 0 rings (SSSR count). The van der Waals surface area contributed by atoms with E-state index in [2.05, 4.69) is 86.8 Å². The van der Waals surface area contributed by atoms with E-state index in [1.807, 2.05) is 0 Å². The van der Waals surface area contributed by atoms with Gasteiger partial charge in [0, 0.05) is 6.42 Å². The highest BCUT2D eigenvalue weighted by Gasteiger charge is 2.24. The lowest BCUT2D eigenvalue weighted by Crippen LogP contribution is -2.46. The van der Waals surface area contributed by atoms with Crippen LogP contribution in [0.15, 0.2) is 60.8 Å². The predicted octanol–water partition coefficient (Wildman–Crippen LogP) is 16.4. The highest BCUT2D eigenvalue weighted by Crippen LogP contribution is 2.17. The average Bonchev–Trinajstić information content (AvgIpc) is 3.28. The molecule has 0 spiro atoms. The van der Waals surface area contributed by atoms with Gasteiger partial charge in [-0.25, -0.2) is 0 Å². The largest absolute Gasteiger partial charge is 0.462 e. The van der Waals surface area contributed by atoms with E-state index < -0.39 is 18.2 Å². The van der Waals surface area contributed by atoms with Crippen molar-refractivity contribution in [1.82, 2.24) is 5.32 Å². The fourth-order valence-corrected chi connectivity index (χ4v) is 8.03. The summed E-state index contributed by atoms with van der Waals surface area (Å²) in [6.45, 7) is 6.36. The molecule has 3 unspecified atom stereocenters. The van der Waals surface area contributed by atoms with E-state index in [4.69, 9.17) is 4.74 Å². The number of carbonyl (C=O) groups excluding carboxylic acids is 2. The van der Waals surface area contributed by atoms with Gasteiger partial charge in [0.2, 0.25) is 5.91 Å². The van der Waals surface area contributed by atoms with Gasteiger partial charge in [0.25, 0.3) is 0 Å². The first-order chi connectivity index (χ1) is 31.0. The molecule has 0 saturated carbocycles. The van der Waals surface area contributed by atoms with Crippen LogP contribution in [0.25, 0.3) is 0 Å². The van der Waals surface area contributed by atoms with Gasteiger partial charge < -0.3 is 20.3 Å². The van der Waals surface area contributed by atoms with Crippen molar-refractivity contribution in [3.05, 3.63) is 60.8 Å². The van der Waals surface area contributed by atoms with E-state index in [9.17, 15) is 19.8 Å². The van der Waals surface area contributed by atoms with Crippen LogP contribution < -0.4 is 5.32 Å². The second kappa shape index (κ2) is 50.6. The number of rotatable bonds is 48. The Morgan fingerprint density at radius 2 is 0.921 bits per heavy atom. The quantitative estimate of drug-likeness (QED) is 0.0245. The number of carbonyl (C=O) groups is 2. The highest BCUT2D eigenvalue weighted by atomic mass is 16.5. The molecule has 3 N–H and O–H groups in total. The van der Waals surface area contributed by atoms with Crippen LogP contribution in [0.3, 0.4) is 0 Å². The Bertz CT molecular complexity index is 1130. The van der Waals surface area contributed by atoms with E-state index in [1.165, 1.54) is 128 Å². The lowest BCUT2D eigenvalue weighted by atomic mass is 10.0. The first kappa shape index (κ1) is 60.6. The summed E-state index contributed by atoms with van der Waals surface area (Å²) in [5, 5.41) is 23.8. The van der Waals surface area contributed by atoms with Crippen molar-refractivity contribution >= 4 is 11.9 Å². The first-order valence-electron chi connectivity index (χ1n) is 27.0. The van der Waals surface area contributed by atoms with Crippen molar-refractivity contribution in [3.8, 4) is 0 Å². The van der Waals surface area contributed by atoms with Gasteiger partial charge in [0.05, 0.1) is 25.2 Å². The average molecular weight is 882 g/mol. The number of hydrogen-bond acceptors (Lipinski definition) is 5. The molecule has 366 valence electrons. The standard InChI is InChI=1S/C57H103NO5/c1-4-7-10-13-16-19-22-25-28-29-31-34-37-40-43-46-49-55(60)54(52-59)58-56(61)51-53(48-45-42-39-36-33-30-26-23-20-17-14-11-8-5-2)63-57(62)50-47-44-41-38-35-32-27-24-21-18-15-12-9-6-3/h9,12,18,21,27,30,32-33,36,39,53-55,59-60H,4-8,10-11,13-17,19-20,22-26,28-29,31,34-35,37-38,40-52H2,1-3H3,(H,58,61)/b12-9+,21-18+,32-27+,33-30+,39-36+. The van der Waals surface area contributed by atoms with Crippen LogP contribution in [-0.2, 0) is 14.3 Å². The summed E-state index contributed by atoms with van der Waals surface area (Å²) in [6, 6.07) is -0.722. The van der Waals surface area contributed by atoms with E-state index >= 15 is 0 Å². The number of aliphatic hydroxyl groups is 2. The number of amides is 1. The van der Waals surface area contributed by atoms with Gasteiger partial charge in [-0.1, -0.05) is 236 Å². The normalized spacial score (nSPS) is 13.7. The molecule has 0 aliphatic heterocycles. The van der Waals surface area contributed by atoms with Gasteiger partial charge in [-0.2, -0.15) is 0 Å². The first-order valence-corrected chi connectivity index (χ1v) is 27.0. The number of unbranched alkanes of at least 4 members (excludes halogenated alkanes) is 27. The Hall–Kier alpha value is -2.44. The SMILES string of the molecule is CC/C=C/C/C=C/C/C=C/CCCCCCC(=O)OC(CCC/C=C/C=C/CCCCCCCCC)CC(=O)NC(CO)C(O)CCCCCCCCCCCCCCCCCC. The smallest absolute Gasteiger partial charge is 0.306 e. The Morgan fingerprint density at radius 3 is 1.43 bits per heavy atom. The Morgan fingerprint density at radius 1 is 0.492 bits per heavy atom. The molecular formula is C57H103NO5. The zero-order valence-corrected chi connectivity index (χ0v) is 41.7. The molecule has 1 amide bonds. The molecule has 0 bridgehead atoms. The van der Waals surface area contributed by atoms with Crippen LogP contribution in [0, 0.1) is 0 Å². The number of aliphatic hydroxyl groups excluding tert-OH is 2. The van der Waals surface area contributed by atoms with E-state index in [0.717, 1.165) is 89.9 Å². The molecule has 0 aliphatic carbocycles. The molecule has 0 fully saturated rings. The number of esters is 1. The van der Waals surface area contributed by atoms with Gasteiger partial charge in [-0.3, -0.25) is 9.59 Å². The lowest BCUT2D eigenvalue weighted by molar-refractivity contribution is -0.151. The molecule has 0 aliphatic rings. The van der Waals surface area contributed by atoms with Crippen LogP contribution in [0.5, 0.6) is 0 Å². The summed E-state index contributed by atoms with van der Waals surface area (Å²) in [7, 11) is 0. The number of allylic oxidation sites excluding steroid dienone is 10. The molecule has 0 saturated heterocycles. The van der Waals surface area contributed by atoms with Gasteiger partial charge in [-0.15, -0.1) is 0 Å². The Kier molecular flexibility index (Phi) is 48.6. The molecule has 0 aromatic heterocycles. The third kappa shape index (κ3) is 45.9. The summed E-state index contributed by atoms with van der Waals surface area (Å²) in [6.07, 6.45) is 62.9. The predicted molar refractivity (Wildman–Crippen MR) is 273 cm³/mol. The van der Waals surface area contributed by atoms with Crippen molar-refractivity contribution in [1.29, 1.82) is 0 Å². The van der Waals surface area contributed by atoms with E-state index in [0.29, 0.717) is 19.3 Å². The second-order valence-corrected chi connectivity index (χ2v) is 18.3. The zero-order valence-electron chi connectivity index (χ0n) is 41.7. The topological polar surface area (TPSA) is 95.9 Å². The van der Waals surface area contributed by atoms with Crippen LogP contribution in [0.4, 0.5) is 0 Å². The highest BCUT2D eigenvalue weighted by molar-refractivity contribution is 5.77. The van der Waals surface area contributed by atoms with Crippen molar-refractivity contribution in [2.24, 2.45) is 0 Å². The van der Waals surface area contributed by atoms with Crippen LogP contribution in [-0.4, -0.2) is 46.9 Å². The molecule has 0 heterocycles. The van der Waals surface area contributed by atoms with Crippen molar-refractivity contribution < 1.29 is 24.5 Å². The molecule has 6 nitrogen and oxygen atoms in total. The number of nitrogens with one attached hydrogen (secondary N) is 1. The van der Waals surface area contributed by atoms with Gasteiger partial charge >= 0.3 is 5.97 Å². The van der Waals surface area contributed by atoms with Crippen LogP contribution in [0.1, 0.15) is 265 Å². The third-order valence-electron chi connectivity index (χ3n) is 12.1. The summed E-state index contributed by atoms with van der Waals surface area (Å²) in [4.78, 5) is 26.2. The lowest BCUT2D eigenvalue weighted by Gasteiger charge is -2.24.